The summed E-state index contributed by atoms with van der Waals surface area (Å²) < 4.78 is 36.8. The highest BCUT2D eigenvalue weighted by atomic mass is 32.2. The number of hydrogen-bond acceptors (Lipinski definition) is 8. The molecule has 0 N–H and O–H groups in total. The third-order valence-electron chi connectivity index (χ3n) is 9.61. The minimum absolute atomic E-state index is 0.166. The molecule has 0 spiro atoms. The lowest BCUT2D eigenvalue weighted by Gasteiger charge is -2.24. The molecule has 0 amide bonds. The number of esters is 1. The molecular weight excluding hydrogens is 600 g/mol. The van der Waals surface area contributed by atoms with Crippen LogP contribution in [-0.4, -0.2) is 85.0 Å². The molecule has 0 radical (unpaired) electrons. The van der Waals surface area contributed by atoms with Crippen molar-refractivity contribution in [2.45, 2.75) is 56.9 Å². The van der Waals surface area contributed by atoms with E-state index in [9.17, 15) is 13.2 Å². The van der Waals surface area contributed by atoms with E-state index in [0.29, 0.717) is 30.3 Å². The van der Waals surface area contributed by atoms with Crippen molar-refractivity contribution in [3.05, 3.63) is 82.4 Å². The molecule has 2 aliphatic heterocycles. The molecule has 6 rings (SSSR count). The zero-order valence-electron chi connectivity index (χ0n) is 27.3. The van der Waals surface area contributed by atoms with Crippen LogP contribution in [0.15, 0.2) is 59.5 Å². The Morgan fingerprint density at radius 1 is 0.978 bits per heavy atom. The van der Waals surface area contributed by atoms with E-state index in [4.69, 9.17) is 4.74 Å². The number of rotatable bonds is 10. The van der Waals surface area contributed by atoms with Crippen molar-refractivity contribution in [3.63, 3.8) is 0 Å². The van der Waals surface area contributed by atoms with Crippen LogP contribution in [0.4, 0.5) is 5.69 Å². The standard InChI is InChI=1S/C35H44N6O4S/c1-25-12-13-27(22-28(25)24-41-20-19-38(3)31-10-5-6-11-33(31)46(41,43)44)30(23-34(42)45-21-9-18-40-16-7-8-17-40)29-14-15-32-35(26(29)2)36-37-39(32)4/h5-6,10-15,22,30H,7-9,16-21,23-24H2,1-4H3. The minimum Gasteiger partial charge on any atom is -0.466 e. The fourth-order valence-electron chi connectivity index (χ4n) is 6.80. The van der Waals surface area contributed by atoms with Gasteiger partial charge in [0.15, 0.2) is 0 Å². The molecule has 1 fully saturated rings. The third-order valence-corrected chi connectivity index (χ3v) is 11.5. The molecule has 0 aliphatic carbocycles. The molecule has 3 aromatic carbocycles. The average molecular weight is 645 g/mol. The zero-order valence-corrected chi connectivity index (χ0v) is 28.1. The topological polar surface area (TPSA) is 101 Å². The van der Waals surface area contributed by atoms with Gasteiger partial charge in [-0.15, -0.1) is 5.10 Å². The van der Waals surface area contributed by atoms with E-state index < -0.39 is 10.0 Å². The number of nitrogens with zero attached hydrogens (tertiary/aromatic N) is 6. The number of para-hydroxylation sites is 1. The quantitative estimate of drug-likeness (QED) is 0.180. The molecule has 10 nitrogen and oxygen atoms in total. The van der Waals surface area contributed by atoms with Crippen molar-refractivity contribution in [1.29, 1.82) is 0 Å². The van der Waals surface area contributed by atoms with Gasteiger partial charge in [-0.3, -0.25) is 4.79 Å². The van der Waals surface area contributed by atoms with Gasteiger partial charge < -0.3 is 14.5 Å². The van der Waals surface area contributed by atoms with Gasteiger partial charge in [0.1, 0.15) is 10.4 Å². The number of likely N-dealkylation sites (N-methyl/N-ethyl adjacent to an activating group) is 1. The second-order valence-electron chi connectivity index (χ2n) is 12.7. The summed E-state index contributed by atoms with van der Waals surface area (Å²) in [5, 5.41) is 8.62. The molecule has 1 saturated heterocycles. The van der Waals surface area contributed by atoms with Crippen LogP contribution in [0.3, 0.4) is 0 Å². The smallest absolute Gasteiger partial charge is 0.306 e. The van der Waals surface area contributed by atoms with E-state index in [0.717, 1.165) is 64.9 Å². The van der Waals surface area contributed by atoms with Gasteiger partial charge in [0.05, 0.1) is 24.2 Å². The van der Waals surface area contributed by atoms with Crippen LogP contribution in [-0.2, 0) is 33.1 Å². The number of carbonyl (C=O) groups excluding carboxylic acids is 1. The first-order valence-corrected chi connectivity index (χ1v) is 17.6. The second-order valence-corrected chi connectivity index (χ2v) is 14.6. The van der Waals surface area contributed by atoms with Crippen LogP contribution in [0, 0.1) is 13.8 Å². The number of anilines is 1. The van der Waals surface area contributed by atoms with Gasteiger partial charge in [-0.2, -0.15) is 4.31 Å². The van der Waals surface area contributed by atoms with Crippen LogP contribution < -0.4 is 4.90 Å². The van der Waals surface area contributed by atoms with Crippen molar-refractivity contribution >= 4 is 32.7 Å². The Labute approximate surface area is 272 Å². The molecule has 3 heterocycles. The zero-order chi connectivity index (χ0) is 32.4. The van der Waals surface area contributed by atoms with Crippen LogP contribution in [0.2, 0.25) is 0 Å². The lowest BCUT2D eigenvalue weighted by molar-refractivity contribution is -0.144. The number of fused-ring (bicyclic) bond motifs is 2. The van der Waals surface area contributed by atoms with E-state index >= 15 is 0 Å². The van der Waals surface area contributed by atoms with E-state index in [1.807, 2.05) is 63.2 Å². The highest BCUT2D eigenvalue weighted by Crippen LogP contribution is 2.36. The highest BCUT2D eigenvalue weighted by Gasteiger charge is 2.32. The Kier molecular flexibility index (Phi) is 9.44. The Balaban J connectivity index is 1.29. The van der Waals surface area contributed by atoms with Crippen LogP contribution in [0.5, 0.6) is 0 Å². The summed E-state index contributed by atoms with van der Waals surface area (Å²) in [6.45, 7) is 8.80. The Morgan fingerprint density at radius 3 is 2.57 bits per heavy atom. The lowest BCUT2D eigenvalue weighted by atomic mass is 9.84. The summed E-state index contributed by atoms with van der Waals surface area (Å²) in [7, 11) is 0.0698. The largest absolute Gasteiger partial charge is 0.466 e. The Morgan fingerprint density at radius 2 is 1.76 bits per heavy atom. The Hall–Kier alpha value is -3.80. The molecule has 1 aromatic heterocycles. The summed E-state index contributed by atoms with van der Waals surface area (Å²) in [6, 6.07) is 17.4. The third kappa shape index (κ3) is 6.54. The normalized spacial score (nSPS) is 17.6. The van der Waals surface area contributed by atoms with Gasteiger partial charge in [-0.1, -0.05) is 41.6 Å². The molecule has 1 unspecified atom stereocenters. The minimum atomic E-state index is -3.72. The summed E-state index contributed by atoms with van der Waals surface area (Å²) in [5.41, 5.74) is 7.22. The number of hydrogen-bond donors (Lipinski definition) is 0. The number of aromatic nitrogens is 3. The van der Waals surface area contributed by atoms with E-state index in [2.05, 4.69) is 27.3 Å². The van der Waals surface area contributed by atoms with Gasteiger partial charge >= 0.3 is 5.97 Å². The monoisotopic (exact) mass is 644 g/mol. The second kappa shape index (κ2) is 13.5. The van der Waals surface area contributed by atoms with Gasteiger partial charge in [0.2, 0.25) is 10.0 Å². The summed E-state index contributed by atoms with van der Waals surface area (Å²) in [6.07, 6.45) is 3.46. The first-order chi connectivity index (χ1) is 22.1. The predicted molar refractivity (Wildman–Crippen MR) is 179 cm³/mol. The molecule has 2 aliphatic rings. The molecule has 0 saturated carbocycles. The van der Waals surface area contributed by atoms with Crippen molar-refractivity contribution in [3.8, 4) is 0 Å². The van der Waals surface area contributed by atoms with Crippen molar-refractivity contribution in [2.75, 3.05) is 51.3 Å². The maximum atomic E-state index is 13.9. The first kappa shape index (κ1) is 32.2. The summed E-state index contributed by atoms with van der Waals surface area (Å²) >= 11 is 0. The maximum Gasteiger partial charge on any atom is 0.306 e. The predicted octanol–water partition coefficient (Wildman–Crippen LogP) is 4.78. The van der Waals surface area contributed by atoms with Crippen LogP contribution in [0.1, 0.15) is 59.4 Å². The van der Waals surface area contributed by atoms with Gasteiger partial charge in [0, 0.05) is 46.2 Å². The first-order valence-electron chi connectivity index (χ1n) is 16.2. The fraction of sp³-hybridized carbons (Fsp3) is 0.457. The van der Waals surface area contributed by atoms with Gasteiger partial charge in [-0.25, -0.2) is 13.1 Å². The molecule has 1 atom stereocenters. The van der Waals surface area contributed by atoms with E-state index in [-0.39, 0.29) is 24.9 Å². The number of sulfonamides is 1. The molecule has 244 valence electrons. The molecule has 4 aromatic rings. The molecule has 46 heavy (non-hydrogen) atoms. The van der Waals surface area contributed by atoms with E-state index in [1.54, 1.807) is 21.1 Å². The van der Waals surface area contributed by atoms with Gasteiger partial charge in [0.25, 0.3) is 0 Å². The number of ether oxygens (including phenoxy) is 1. The molecular formula is C35H44N6O4S. The number of aryl methyl sites for hydroxylation is 3. The number of likely N-dealkylation sites (tertiary alicyclic amines) is 1. The van der Waals surface area contributed by atoms with E-state index in [1.165, 1.54) is 12.8 Å². The number of benzene rings is 3. The molecule has 11 heteroatoms. The van der Waals surface area contributed by atoms with Crippen LogP contribution >= 0.6 is 0 Å². The van der Waals surface area contributed by atoms with Crippen molar-refractivity contribution < 1.29 is 17.9 Å². The number of carbonyl (C=O) groups is 1. The lowest BCUT2D eigenvalue weighted by Crippen LogP contribution is -2.33. The molecule has 0 bridgehead atoms. The SMILES string of the molecule is Cc1ccc(C(CC(=O)OCCCN2CCCC2)c2ccc3c(nnn3C)c2C)cc1CN1CCN(C)c2ccccc2S1(=O)=O. The Bertz CT molecular complexity index is 1830. The van der Waals surface area contributed by atoms with Crippen molar-refractivity contribution in [2.24, 2.45) is 7.05 Å². The van der Waals surface area contributed by atoms with Crippen molar-refractivity contribution in [1.82, 2.24) is 24.2 Å². The highest BCUT2D eigenvalue weighted by molar-refractivity contribution is 7.89. The van der Waals surface area contributed by atoms with Gasteiger partial charge in [-0.05, 0) is 92.2 Å². The summed E-state index contributed by atoms with van der Waals surface area (Å²) in [4.78, 5) is 18.1. The summed E-state index contributed by atoms with van der Waals surface area (Å²) in [5.74, 6) is -0.550. The fourth-order valence-corrected chi connectivity index (χ4v) is 8.45. The maximum absolute atomic E-state index is 13.9. The average Bonchev–Trinajstić information content (AvgIpc) is 3.69. The van der Waals surface area contributed by atoms with Crippen LogP contribution in [0.25, 0.3) is 11.0 Å².